The second-order valence-electron chi connectivity index (χ2n) is 3.38. The molecule has 0 saturated heterocycles. The Morgan fingerprint density at radius 3 is 3.00 bits per heavy atom. The molecule has 1 atom stereocenters. The molecule has 0 fully saturated rings. The van der Waals surface area contributed by atoms with Gasteiger partial charge in [0.1, 0.15) is 6.10 Å². The van der Waals surface area contributed by atoms with Crippen LogP contribution in [-0.2, 0) is 11.9 Å². The standard InChI is InChI=1S/C10H13N3O/c1-7(14-11)8-3-4-10-9(5-8)12-6-13(10)2/h3-7H,11H2,1-2H3. The molecule has 1 heterocycles. The molecular formula is C10H13N3O. The molecule has 4 nitrogen and oxygen atoms in total. The number of fused-ring (bicyclic) bond motifs is 1. The maximum Gasteiger partial charge on any atom is 0.101 e. The van der Waals surface area contributed by atoms with E-state index in [4.69, 9.17) is 10.7 Å². The van der Waals surface area contributed by atoms with Gasteiger partial charge in [0, 0.05) is 7.05 Å². The third-order valence-electron chi connectivity index (χ3n) is 2.42. The molecule has 2 N–H and O–H groups in total. The summed E-state index contributed by atoms with van der Waals surface area (Å²) in [5.41, 5.74) is 3.12. The normalized spacial score (nSPS) is 13.4. The molecule has 0 saturated carbocycles. The number of nitrogens with zero attached hydrogens (tertiary/aromatic N) is 2. The number of hydrogen-bond acceptors (Lipinski definition) is 3. The first kappa shape index (κ1) is 9.18. The zero-order valence-corrected chi connectivity index (χ0v) is 8.27. The molecule has 2 rings (SSSR count). The third kappa shape index (κ3) is 1.38. The van der Waals surface area contributed by atoms with E-state index in [1.54, 1.807) is 6.33 Å². The number of nitrogens with two attached hydrogens (primary N) is 1. The van der Waals surface area contributed by atoms with Gasteiger partial charge in [-0.05, 0) is 24.6 Å². The lowest BCUT2D eigenvalue weighted by Crippen LogP contribution is -2.05. The minimum absolute atomic E-state index is 0.0959. The Hall–Kier alpha value is -1.39. The zero-order valence-electron chi connectivity index (χ0n) is 8.27. The molecule has 1 unspecified atom stereocenters. The quantitative estimate of drug-likeness (QED) is 0.732. The number of aromatic nitrogens is 2. The van der Waals surface area contributed by atoms with Crippen LogP contribution >= 0.6 is 0 Å². The van der Waals surface area contributed by atoms with Crippen LogP contribution in [0.15, 0.2) is 24.5 Å². The van der Waals surface area contributed by atoms with Crippen LogP contribution in [0.1, 0.15) is 18.6 Å². The van der Waals surface area contributed by atoms with E-state index in [-0.39, 0.29) is 6.10 Å². The van der Waals surface area contributed by atoms with Crippen molar-refractivity contribution in [1.82, 2.24) is 9.55 Å². The summed E-state index contributed by atoms with van der Waals surface area (Å²) in [5, 5.41) is 0. The van der Waals surface area contributed by atoms with E-state index in [1.165, 1.54) is 0 Å². The monoisotopic (exact) mass is 191 g/mol. The van der Waals surface area contributed by atoms with Gasteiger partial charge in [-0.15, -0.1) is 0 Å². The predicted octanol–water partition coefficient (Wildman–Crippen LogP) is 1.52. The van der Waals surface area contributed by atoms with Crippen molar-refractivity contribution < 1.29 is 4.84 Å². The minimum atomic E-state index is -0.0959. The van der Waals surface area contributed by atoms with Gasteiger partial charge in [-0.25, -0.2) is 10.9 Å². The van der Waals surface area contributed by atoms with Crippen molar-refractivity contribution in [3.63, 3.8) is 0 Å². The minimum Gasteiger partial charge on any atom is -0.334 e. The first-order valence-corrected chi connectivity index (χ1v) is 4.49. The molecule has 0 aliphatic carbocycles. The van der Waals surface area contributed by atoms with Crippen LogP contribution in [0.4, 0.5) is 0 Å². The van der Waals surface area contributed by atoms with Crippen LogP contribution in [0, 0.1) is 0 Å². The van der Waals surface area contributed by atoms with Gasteiger partial charge in [0.25, 0.3) is 0 Å². The number of imidazole rings is 1. The SMILES string of the molecule is CC(ON)c1ccc2c(c1)ncn2C. The summed E-state index contributed by atoms with van der Waals surface area (Å²) < 4.78 is 1.98. The summed E-state index contributed by atoms with van der Waals surface area (Å²) in [6.07, 6.45) is 1.70. The highest BCUT2D eigenvalue weighted by Gasteiger charge is 2.06. The van der Waals surface area contributed by atoms with Gasteiger partial charge in [0.15, 0.2) is 0 Å². The first-order valence-electron chi connectivity index (χ1n) is 4.49. The van der Waals surface area contributed by atoms with Crippen molar-refractivity contribution in [2.24, 2.45) is 12.9 Å². The molecule has 74 valence electrons. The van der Waals surface area contributed by atoms with Crippen molar-refractivity contribution in [3.05, 3.63) is 30.1 Å². The predicted molar refractivity (Wildman–Crippen MR) is 54.4 cm³/mol. The molecule has 0 amide bonds. The molecule has 4 heteroatoms. The van der Waals surface area contributed by atoms with Gasteiger partial charge in [-0.1, -0.05) is 6.07 Å². The lowest BCUT2D eigenvalue weighted by atomic mass is 10.1. The van der Waals surface area contributed by atoms with Crippen LogP contribution in [-0.4, -0.2) is 9.55 Å². The van der Waals surface area contributed by atoms with E-state index in [0.29, 0.717) is 0 Å². The van der Waals surface area contributed by atoms with Crippen LogP contribution < -0.4 is 5.90 Å². The third-order valence-corrected chi connectivity index (χ3v) is 2.42. The smallest absolute Gasteiger partial charge is 0.101 e. The van der Waals surface area contributed by atoms with Crippen LogP contribution in [0.2, 0.25) is 0 Å². The summed E-state index contributed by atoms with van der Waals surface area (Å²) in [4.78, 5) is 9.02. The molecule has 0 bridgehead atoms. The average molecular weight is 191 g/mol. The van der Waals surface area contributed by atoms with Crippen molar-refractivity contribution >= 4 is 11.0 Å². The highest BCUT2D eigenvalue weighted by molar-refractivity contribution is 5.76. The Bertz CT molecular complexity index is 450. The summed E-state index contributed by atoms with van der Waals surface area (Å²) in [7, 11) is 1.97. The van der Waals surface area contributed by atoms with Crippen LogP contribution in [0.5, 0.6) is 0 Å². The van der Waals surface area contributed by atoms with E-state index in [0.717, 1.165) is 16.6 Å². The largest absolute Gasteiger partial charge is 0.334 e. The second kappa shape index (κ2) is 3.40. The van der Waals surface area contributed by atoms with Crippen molar-refractivity contribution in [2.75, 3.05) is 0 Å². The molecule has 0 aliphatic heterocycles. The van der Waals surface area contributed by atoms with Crippen molar-refractivity contribution in [1.29, 1.82) is 0 Å². The van der Waals surface area contributed by atoms with E-state index < -0.39 is 0 Å². The van der Waals surface area contributed by atoms with Crippen molar-refractivity contribution in [3.8, 4) is 0 Å². The van der Waals surface area contributed by atoms with Crippen LogP contribution in [0.3, 0.4) is 0 Å². The molecule has 1 aromatic heterocycles. The average Bonchev–Trinajstić information content (AvgIpc) is 2.59. The molecule has 0 aliphatic rings. The van der Waals surface area contributed by atoms with E-state index in [2.05, 4.69) is 4.98 Å². The summed E-state index contributed by atoms with van der Waals surface area (Å²) >= 11 is 0. The summed E-state index contributed by atoms with van der Waals surface area (Å²) in [5.74, 6) is 5.13. The number of rotatable bonds is 2. The fourth-order valence-electron chi connectivity index (χ4n) is 1.48. The number of hydrogen-bond donors (Lipinski definition) is 1. The topological polar surface area (TPSA) is 53.1 Å². The molecule has 1 aromatic carbocycles. The molecule has 0 spiro atoms. The lowest BCUT2D eigenvalue weighted by Gasteiger charge is -2.08. The lowest BCUT2D eigenvalue weighted by molar-refractivity contribution is 0.0665. The Balaban J connectivity index is 2.52. The molecular weight excluding hydrogens is 178 g/mol. The first-order chi connectivity index (χ1) is 6.72. The second-order valence-corrected chi connectivity index (χ2v) is 3.38. The summed E-state index contributed by atoms with van der Waals surface area (Å²) in [6, 6.07) is 6.02. The van der Waals surface area contributed by atoms with E-state index in [9.17, 15) is 0 Å². The van der Waals surface area contributed by atoms with Gasteiger partial charge in [0.05, 0.1) is 17.4 Å². The van der Waals surface area contributed by atoms with E-state index in [1.807, 2.05) is 36.7 Å². The molecule has 2 aromatic rings. The Morgan fingerprint density at radius 2 is 2.29 bits per heavy atom. The maximum atomic E-state index is 5.13. The number of benzene rings is 1. The summed E-state index contributed by atoms with van der Waals surface area (Å²) in [6.45, 7) is 1.91. The fourth-order valence-corrected chi connectivity index (χ4v) is 1.48. The van der Waals surface area contributed by atoms with E-state index >= 15 is 0 Å². The zero-order chi connectivity index (χ0) is 10.1. The van der Waals surface area contributed by atoms with Gasteiger partial charge in [-0.2, -0.15) is 0 Å². The van der Waals surface area contributed by atoms with Gasteiger partial charge >= 0.3 is 0 Å². The van der Waals surface area contributed by atoms with Gasteiger partial charge < -0.3 is 4.57 Å². The maximum absolute atomic E-state index is 5.13. The number of aryl methyl sites for hydroxylation is 1. The van der Waals surface area contributed by atoms with Crippen molar-refractivity contribution in [2.45, 2.75) is 13.0 Å². The Kier molecular flexibility index (Phi) is 2.23. The highest BCUT2D eigenvalue weighted by atomic mass is 16.6. The Labute approximate surface area is 82.3 Å². The molecule has 0 radical (unpaired) electrons. The van der Waals surface area contributed by atoms with Gasteiger partial charge in [0.2, 0.25) is 0 Å². The Morgan fingerprint density at radius 1 is 1.50 bits per heavy atom. The molecule has 14 heavy (non-hydrogen) atoms. The van der Waals surface area contributed by atoms with Crippen LogP contribution in [0.25, 0.3) is 11.0 Å². The van der Waals surface area contributed by atoms with Gasteiger partial charge in [-0.3, -0.25) is 4.84 Å². The highest BCUT2D eigenvalue weighted by Crippen LogP contribution is 2.20. The fraction of sp³-hybridized carbons (Fsp3) is 0.300.